The second-order valence-electron chi connectivity index (χ2n) is 4.91. The first kappa shape index (κ1) is 13.2. The number of non-ortho nitro benzene ring substituents is 1. The van der Waals surface area contributed by atoms with Gasteiger partial charge in [0, 0.05) is 42.1 Å². The maximum atomic E-state index is 10.6. The van der Waals surface area contributed by atoms with Crippen molar-refractivity contribution in [3.05, 3.63) is 44.8 Å². The maximum absolute atomic E-state index is 10.6. The molecular weight excluding hydrogens is 274 g/mol. The van der Waals surface area contributed by atoms with Gasteiger partial charge in [0.05, 0.1) is 15.6 Å². The van der Waals surface area contributed by atoms with E-state index in [2.05, 4.69) is 10.3 Å². The van der Waals surface area contributed by atoms with Crippen LogP contribution in [0.3, 0.4) is 0 Å². The number of hydrogen-bond donors (Lipinski definition) is 1. The lowest BCUT2D eigenvalue weighted by Crippen LogP contribution is -2.19. The van der Waals surface area contributed by atoms with Gasteiger partial charge in [-0.2, -0.15) is 0 Å². The first-order chi connectivity index (χ1) is 9.72. The minimum Gasteiger partial charge on any atom is -0.314 e. The molecule has 5 nitrogen and oxygen atoms in total. The highest BCUT2D eigenvalue weighted by atomic mass is 32.1. The summed E-state index contributed by atoms with van der Waals surface area (Å²) in [5, 5.41) is 17.2. The molecule has 20 heavy (non-hydrogen) atoms. The predicted octanol–water partition coefficient (Wildman–Crippen LogP) is 3.01. The number of thiazole rings is 1. The van der Waals surface area contributed by atoms with Crippen molar-refractivity contribution in [2.45, 2.75) is 25.3 Å². The second-order valence-corrected chi connectivity index (χ2v) is 5.85. The minimum absolute atomic E-state index is 0.109. The summed E-state index contributed by atoms with van der Waals surface area (Å²) in [6.45, 7) is 0.970. The van der Waals surface area contributed by atoms with Gasteiger partial charge in [0.2, 0.25) is 0 Å². The van der Waals surface area contributed by atoms with Crippen molar-refractivity contribution in [2.75, 3.05) is 6.54 Å². The number of benzene rings is 1. The van der Waals surface area contributed by atoms with E-state index >= 15 is 0 Å². The molecule has 0 saturated heterocycles. The van der Waals surface area contributed by atoms with E-state index < -0.39 is 0 Å². The molecule has 104 valence electrons. The zero-order valence-electron chi connectivity index (χ0n) is 10.9. The van der Waals surface area contributed by atoms with Gasteiger partial charge in [-0.25, -0.2) is 4.98 Å². The van der Waals surface area contributed by atoms with Gasteiger partial charge in [-0.1, -0.05) is 0 Å². The first-order valence-corrected chi connectivity index (χ1v) is 7.53. The Hall–Kier alpha value is -1.79. The summed E-state index contributed by atoms with van der Waals surface area (Å²) in [5.41, 5.74) is 1.93. The number of nitro benzene ring substituents is 1. The van der Waals surface area contributed by atoms with Gasteiger partial charge in [0.25, 0.3) is 5.69 Å². The zero-order valence-corrected chi connectivity index (χ0v) is 11.7. The van der Waals surface area contributed by atoms with Crippen LogP contribution < -0.4 is 5.32 Å². The summed E-state index contributed by atoms with van der Waals surface area (Å²) in [7, 11) is 0. The Bertz CT molecular complexity index is 605. The normalized spacial score (nSPS) is 14.4. The van der Waals surface area contributed by atoms with Gasteiger partial charge in [0.15, 0.2) is 0 Å². The van der Waals surface area contributed by atoms with Crippen molar-refractivity contribution in [3.8, 4) is 11.3 Å². The minimum atomic E-state index is -0.389. The van der Waals surface area contributed by atoms with Crippen LogP contribution in [0.1, 0.15) is 17.8 Å². The van der Waals surface area contributed by atoms with Crippen molar-refractivity contribution in [3.63, 3.8) is 0 Å². The smallest absolute Gasteiger partial charge is 0.269 e. The van der Waals surface area contributed by atoms with E-state index in [1.165, 1.54) is 25.0 Å². The number of aromatic nitrogens is 1. The lowest BCUT2D eigenvalue weighted by atomic mass is 10.1. The third kappa shape index (κ3) is 3.20. The van der Waals surface area contributed by atoms with Crippen LogP contribution >= 0.6 is 11.3 Å². The third-order valence-electron chi connectivity index (χ3n) is 3.27. The van der Waals surface area contributed by atoms with Crippen molar-refractivity contribution >= 4 is 17.0 Å². The molecule has 1 N–H and O–H groups in total. The Morgan fingerprint density at radius 1 is 1.35 bits per heavy atom. The molecule has 0 unspecified atom stereocenters. The van der Waals surface area contributed by atoms with Crippen molar-refractivity contribution < 1.29 is 4.92 Å². The average molecular weight is 289 g/mol. The van der Waals surface area contributed by atoms with Crippen LogP contribution in [-0.4, -0.2) is 22.5 Å². The van der Waals surface area contributed by atoms with Crippen molar-refractivity contribution in [1.82, 2.24) is 10.3 Å². The van der Waals surface area contributed by atoms with Gasteiger partial charge in [-0.05, 0) is 25.0 Å². The summed E-state index contributed by atoms with van der Waals surface area (Å²) >= 11 is 1.64. The van der Waals surface area contributed by atoms with E-state index in [9.17, 15) is 10.1 Å². The van der Waals surface area contributed by atoms with E-state index in [1.54, 1.807) is 23.5 Å². The number of nitrogens with one attached hydrogen (secondary N) is 1. The fraction of sp³-hybridized carbons (Fsp3) is 0.357. The van der Waals surface area contributed by atoms with Gasteiger partial charge in [-0.3, -0.25) is 10.1 Å². The van der Waals surface area contributed by atoms with Crippen molar-refractivity contribution in [1.29, 1.82) is 0 Å². The predicted molar refractivity (Wildman–Crippen MR) is 78.9 cm³/mol. The van der Waals surface area contributed by atoms with Crippen LogP contribution in [0.15, 0.2) is 29.6 Å². The fourth-order valence-corrected chi connectivity index (χ4v) is 2.79. The molecule has 0 bridgehead atoms. The molecule has 3 rings (SSSR count). The number of hydrogen-bond acceptors (Lipinski definition) is 5. The largest absolute Gasteiger partial charge is 0.314 e. The van der Waals surface area contributed by atoms with E-state index in [-0.39, 0.29) is 10.6 Å². The average Bonchev–Trinajstić information content (AvgIpc) is 3.15. The number of nitrogens with zero attached hydrogens (tertiary/aromatic N) is 2. The molecule has 1 fully saturated rings. The molecule has 0 atom stereocenters. The van der Waals surface area contributed by atoms with Gasteiger partial charge in [0.1, 0.15) is 0 Å². The van der Waals surface area contributed by atoms with Crippen LogP contribution in [0, 0.1) is 10.1 Å². The highest BCUT2D eigenvalue weighted by Gasteiger charge is 2.19. The van der Waals surface area contributed by atoms with Crippen LogP contribution in [0.2, 0.25) is 0 Å². The van der Waals surface area contributed by atoms with E-state index in [0.717, 1.165) is 35.3 Å². The molecule has 0 amide bonds. The van der Waals surface area contributed by atoms with Gasteiger partial charge >= 0.3 is 0 Å². The lowest BCUT2D eigenvalue weighted by molar-refractivity contribution is -0.384. The Labute approximate surface area is 120 Å². The Morgan fingerprint density at radius 2 is 2.10 bits per heavy atom. The van der Waals surface area contributed by atoms with Crippen LogP contribution in [0.5, 0.6) is 0 Å². The molecule has 1 aromatic heterocycles. The SMILES string of the molecule is O=[N+]([O-])c1ccc(-c2csc(CCNC3CC3)n2)cc1. The molecular formula is C14H15N3O2S. The summed E-state index contributed by atoms with van der Waals surface area (Å²) in [5.74, 6) is 0. The Morgan fingerprint density at radius 3 is 2.75 bits per heavy atom. The van der Waals surface area contributed by atoms with E-state index in [4.69, 9.17) is 0 Å². The summed E-state index contributed by atoms with van der Waals surface area (Å²) in [4.78, 5) is 14.8. The Kier molecular flexibility index (Phi) is 3.75. The molecule has 1 aliphatic rings. The topological polar surface area (TPSA) is 68.1 Å². The number of rotatable bonds is 6. The van der Waals surface area contributed by atoms with E-state index in [1.807, 2.05) is 5.38 Å². The zero-order chi connectivity index (χ0) is 13.9. The van der Waals surface area contributed by atoms with Gasteiger partial charge < -0.3 is 5.32 Å². The van der Waals surface area contributed by atoms with Crippen LogP contribution in [0.4, 0.5) is 5.69 Å². The quantitative estimate of drug-likeness (QED) is 0.655. The molecule has 0 spiro atoms. The molecule has 6 heteroatoms. The molecule has 0 radical (unpaired) electrons. The Balaban J connectivity index is 1.64. The summed E-state index contributed by atoms with van der Waals surface area (Å²) < 4.78 is 0. The molecule has 1 aliphatic carbocycles. The second kappa shape index (κ2) is 5.68. The fourth-order valence-electron chi connectivity index (χ4n) is 1.98. The van der Waals surface area contributed by atoms with Crippen LogP contribution in [-0.2, 0) is 6.42 Å². The van der Waals surface area contributed by atoms with E-state index in [0.29, 0.717) is 0 Å². The molecule has 1 aromatic carbocycles. The third-order valence-corrected chi connectivity index (χ3v) is 4.18. The molecule has 1 heterocycles. The monoisotopic (exact) mass is 289 g/mol. The number of nitro groups is 1. The molecule has 2 aromatic rings. The first-order valence-electron chi connectivity index (χ1n) is 6.65. The highest BCUT2D eigenvalue weighted by molar-refractivity contribution is 7.09. The molecule has 0 aliphatic heterocycles. The standard InChI is InChI=1S/C14H15N3O2S/c18-17(19)12-5-1-10(2-6-12)13-9-20-14(16-13)7-8-15-11-3-4-11/h1-2,5-6,9,11,15H,3-4,7-8H2. The maximum Gasteiger partial charge on any atom is 0.269 e. The summed E-state index contributed by atoms with van der Waals surface area (Å²) in [6.07, 6.45) is 3.53. The highest BCUT2D eigenvalue weighted by Crippen LogP contribution is 2.24. The van der Waals surface area contributed by atoms with Crippen molar-refractivity contribution in [2.24, 2.45) is 0 Å². The molecule has 1 saturated carbocycles. The lowest BCUT2D eigenvalue weighted by Gasteiger charge is -1.99. The van der Waals surface area contributed by atoms with Gasteiger partial charge in [-0.15, -0.1) is 11.3 Å². The summed E-state index contributed by atoms with van der Waals surface area (Å²) in [6, 6.07) is 7.26. The van der Waals surface area contributed by atoms with Crippen LogP contribution in [0.25, 0.3) is 11.3 Å².